The van der Waals surface area contributed by atoms with Gasteiger partial charge in [-0.05, 0) is 80.3 Å². The molecule has 0 aromatic rings. The number of nitrogens with zero attached hydrogens (tertiary/aromatic N) is 3. The number of nitrogens with one attached hydrogen (secondary N) is 1. The highest BCUT2D eigenvalue weighted by Crippen LogP contribution is 2.35. The van der Waals surface area contributed by atoms with Gasteiger partial charge < -0.3 is 19.9 Å². The second-order valence-corrected chi connectivity index (χ2v) is 12.2. The molecule has 0 spiro atoms. The van der Waals surface area contributed by atoms with E-state index in [2.05, 4.69) is 56.7 Å². The predicted molar refractivity (Wildman–Crippen MR) is 130 cm³/mol. The number of rotatable bonds is 6. The van der Waals surface area contributed by atoms with Crippen LogP contribution in [0.1, 0.15) is 75.2 Å². The number of carbonyl (C=O) groups excluding carboxylic acids is 2. The quantitative estimate of drug-likeness (QED) is 0.667. The van der Waals surface area contributed by atoms with E-state index in [-0.39, 0.29) is 23.0 Å². The second-order valence-electron chi connectivity index (χ2n) is 12.2. The van der Waals surface area contributed by atoms with Crippen LogP contribution in [-0.4, -0.2) is 89.7 Å². The molecule has 0 unspecified atom stereocenters. The Labute approximate surface area is 196 Å². The Morgan fingerprint density at radius 1 is 1.00 bits per heavy atom. The number of piperidine rings is 1. The van der Waals surface area contributed by atoms with Crippen molar-refractivity contribution in [3.8, 4) is 0 Å². The SMILES string of the molecule is CC(C)CNC(=O)C1(CN2CCN(C(=O)OC(C)(C)C)C(C)(C)C2)CCN(C(C)C)CC1. The topological polar surface area (TPSA) is 65.1 Å². The van der Waals surface area contributed by atoms with Crippen molar-refractivity contribution in [3.05, 3.63) is 0 Å². The Hall–Kier alpha value is -1.34. The molecule has 1 N–H and O–H groups in total. The smallest absolute Gasteiger partial charge is 0.410 e. The fourth-order valence-corrected chi connectivity index (χ4v) is 4.88. The fourth-order valence-electron chi connectivity index (χ4n) is 4.88. The van der Waals surface area contributed by atoms with Gasteiger partial charge in [-0.3, -0.25) is 9.69 Å². The summed E-state index contributed by atoms with van der Waals surface area (Å²) < 4.78 is 5.64. The van der Waals surface area contributed by atoms with E-state index < -0.39 is 5.60 Å². The maximum atomic E-state index is 13.4. The average Bonchev–Trinajstić information content (AvgIpc) is 2.64. The molecule has 2 amide bonds. The summed E-state index contributed by atoms with van der Waals surface area (Å²) in [6, 6.07) is 0.503. The minimum Gasteiger partial charge on any atom is -0.444 e. The van der Waals surface area contributed by atoms with Crippen molar-refractivity contribution in [2.75, 3.05) is 45.8 Å². The van der Waals surface area contributed by atoms with Crippen LogP contribution in [-0.2, 0) is 9.53 Å². The summed E-state index contributed by atoms with van der Waals surface area (Å²) in [6.45, 7) is 24.1. The Morgan fingerprint density at radius 3 is 2.06 bits per heavy atom. The van der Waals surface area contributed by atoms with Gasteiger partial charge in [-0.25, -0.2) is 4.79 Å². The van der Waals surface area contributed by atoms with E-state index in [9.17, 15) is 9.59 Å². The van der Waals surface area contributed by atoms with Crippen LogP contribution in [0.3, 0.4) is 0 Å². The predicted octanol–water partition coefficient (Wildman–Crippen LogP) is 3.58. The molecule has 186 valence electrons. The molecule has 32 heavy (non-hydrogen) atoms. The zero-order valence-corrected chi connectivity index (χ0v) is 22.1. The van der Waals surface area contributed by atoms with Crippen LogP contribution in [0.15, 0.2) is 0 Å². The van der Waals surface area contributed by atoms with Crippen molar-refractivity contribution in [3.63, 3.8) is 0 Å². The van der Waals surface area contributed by atoms with Crippen LogP contribution in [0.2, 0.25) is 0 Å². The molecule has 2 aliphatic rings. The molecule has 0 atom stereocenters. The molecule has 0 aromatic carbocycles. The average molecular weight is 453 g/mol. The Kier molecular flexibility index (Phi) is 8.65. The first-order valence-corrected chi connectivity index (χ1v) is 12.4. The third-order valence-corrected chi connectivity index (χ3v) is 6.76. The molecule has 0 radical (unpaired) electrons. The number of carbonyl (C=O) groups is 2. The van der Waals surface area contributed by atoms with E-state index in [0.717, 1.165) is 45.6 Å². The fraction of sp³-hybridized carbons (Fsp3) is 0.920. The van der Waals surface area contributed by atoms with E-state index in [0.29, 0.717) is 25.0 Å². The van der Waals surface area contributed by atoms with Crippen molar-refractivity contribution in [1.29, 1.82) is 0 Å². The number of amides is 2. The van der Waals surface area contributed by atoms with Gasteiger partial charge >= 0.3 is 6.09 Å². The van der Waals surface area contributed by atoms with Crippen molar-refractivity contribution < 1.29 is 14.3 Å². The van der Waals surface area contributed by atoms with Crippen molar-refractivity contribution in [2.45, 2.75) is 92.3 Å². The van der Waals surface area contributed by atoms with E-state index in [1.165, 1.54) is 0 Å². The lowest BCUT2D eigenvalue weighted by Gasteiger charge is -2.50. The van der Waals surface area contributed by atoms with Gasteiger partial charge in [-0.2, -0.15) is 0 Å². The van der Waals surface area contributed by atoms with Crippen LogP contribution in [0.5, 0.6) is 0 Å². The Morgan fingerprint density at radius 2 is 1.59 bits per heavy atom. The zero-order valence-electron chi connectivity index (χ0n) is 22.1. The van der Waals surface area contributed by atoms with Crippen LogP contribution in [0.25, 0.3) is 0 Å². The van der Waals surface area contributed by atoms with Gasteiger partial charge in [-0.1, -0.05) is 13.8 Å². The lowest BCUT2D eigenvalue weighted by molar-refractivity contribution is -0.137. The highest BCUT2D eigenvalue weighted by atomic mass is 16.6. The van der Waals surface area contributed by atoms with Crippen LogP contribution < -0.4 is 5.32 Å². The summed E-state index contributed by atoms with van der Waals surface area (Å²) in [6.07, 6.45) is 1.50. The van der Waals surface area contributed by atoms with E-state index in [1.54, 1.807) is 0 Å². The third-order valence-electron chi connectivity index (χ3n) is 6.76. The van der Waals surface area contributed by atoms with Crippen molar-refractivity contribution in [1.82, 2.24) is 20.0 Å². The molecule has 0 aliphatic carbocycles. The highest BCUT2D eigenvalue weighted by molar-refractivity contribution is 5.83. The molecule has 2 heterocycles. The molecule has 2 saturated heterocycles. The molecular formula is C25H48N4O3. The van der Waals surface area contributed by atoms with Crippen molar-refractivity contribution in [2.24, 2.45) is 11.3 Å². The minimum atomic E-state index is -0.507. The number of ether oxygens (including phenoxy) is 1. The number of hydrogen-bond acceptors (Lipinski definition) is 5. The van der Waals surface area contributed by atoms with Gasteiger partial charge in [0.25, 0.3) is 0 Å². The van der Waals surface area contributed by atoms with Crippen LogP contribution >= 0.6 is 0 Å². The van der Waals surface area contributed by atoms with Gasteiger partial charge in [0.15, 0.2) is 0 Å². The monoisotopic (exact) mass is 452 g/mol. The molecule has 0 bridgehead atoms. The molecule has 0 saturated carbocycles. The molecule has 2 fully saturated rings. The van der Waals surface area contributed by atoms with E-state index in [4.69, 9.17) is 4.74 Å². The first kappa shape index (κ1) is 26.9. The van der Waals surface area contributed by atoms with Crippen LogP contribution in [0.4, 0.5) is 4.79 Å². The summed E-state index contributed by atoms with van der Waals surface area (Å²) in [4.78, 5) is 32.9. The standard InChI is InChI=1S/C25H48N4O3/c1-19(2)16-26-21(30)25(10-12-28(13-11-25)20(3)4)18-27-14-15-29(24(8,9)17-27)22(31)32-23(5,6)7/h19-20H,10-18H2,1-9H3,(H,26,30). The summed E-state index contributed by atoms with van der Waals surface area (Å²) >= 11 is 0. The minimum absolute atomic E-state index is 0.196. The summed E-state index contributed by atoms with van der Waals surface area (Å²) in [5.41, 5.74) is -1.23. The summed E-state index contributed by atoms with van der Waals surface area (Å²) in [5, 5.41) is 3.23. The third kappa shape index (κ3) is 7.08. The molecule has 7 heteroatoms. The van der Waals surface area contributed by atoms with Crippen LogP contribution in [0, 0.1) is 11.3 Å². The number of piperazine rings is 1. The van der Waals surface area contributed by atoms with E-state index >= 15 is 0 Å². The molecule has 0 aromatic heterocycles. The van der Waals surface area contributed by atoms with Gasteiger partial charge in [0.05, 0.1) is 11.0 Å². The van der Waals surface area contributed by atoms with Gasteiger partial charge in [-0.15, -0.1) is 0 Å². The van der Waals surface area contributed by atoms with Crippen molar-refractivity contribution >= 4 is 12.0 Å². The first-order chi connectivity index (χ1) is 14.7. The Balaban J connectivity index is 2.11. The maximum absolute atomic E-state index is 13.4. The largest absolute Gasteiger partial charge is 0.444 e. The van der Waals surface area contributed by atoms with Gasteiger partial charge in [0, 0.05) is 38.8 Å². The number of likely N-dealkylation sites (tertiary alicyclic amines) is 1. The summed E-state index contributed by atoms with van der Waals surface area (Å²) in [7, 11) is 0. The second kappa shape index (κ2) is 10.3. The Bertz CT molecular complexity index is 646. The number of hydrogen-bond donors (Lipinski definition) is 1. The van der Waals surface area contributed by atoms with E-state index in [1.807, 2.05) is 25.7 Å². The highest BCUT2D eigenvalue weighted by Gasteiger charge is 2.46. The first-order valence-electron chi connectivity index (χ1n) is 12.4. The van der Waals surface area contributed by atoms with Gasteiger partial charge in [0.1, 0.15) is 5.60 Å². The zero-order chi connectivity index (χ0) is 24.3. The van der Waals surface area contributed by atoms with Gasteiger partial charge in [0.2, 0.25) is 5.91 Å². The maximum Gasteiger partial charge on any atom is 0.410 e. The molecular weight excluding hydrogens is 404 g/mol. The molecule has 2 aliphatic heterocycles. The normalized spacial score (nSPS) is 22.3. The lowest BCUT2D eigenvalue weighted by Crippen LogP contribution is -2.64. The molecule has 2 rings (SSSR count). The summed E-state index contributed by atoms with van der Waals surface area (Å²) in [5.74, 6) is 0.630. The lowest BCUT2D eigenvalue weighted by atomic mass is 9.76. The molecule has 7 nitrogen and oxygen atoms in total.